The van der Waals surface area contributed by atoms with Crippen LogP contribution in [0.5, 0.6) is 0 Å². The second kappa shape index (κ2) is 7.07. The van der Waals surface area contributed by atoms with Gasteiger partial charge in [-0.2, -0.15) is 0 Å². The molecule has 1 aromatic carbocycles. The van der Waals surface area contributed by atoms with Gasteiger partial charge in [0, 0.05) is 18.9 Å². The lowest BCUT2D eigenvalue weighted by molar-refractivity contribution is -0.152. The molecule has 2 atom stereocenters. The minimum atomic E-state index is -0.905. The van der Waals surface area contributed by atoms with E-state index in [2.05, 4.69) is 6.58 Å². The van der Waals surface area contributed by atoms with Crippen LogP contribution in [0.1, 0.15) is 37.2 Å². The average Bonchev–Trinajstić information content (AvgIpc) is 2.53. The normalized spacial score (nSPS) is 19.8. The molecular weight excluding hydrogens is 266 g/mol. The second-order valence-electron chi connectivity index (χ2n) is 5.39. The van der Waals surface area contributed by atoms with Crippen LogP contribution in [0.15, 0.2) is 43.0 Å². The highest BCUT2D eigenvalue weighted by Crippen LogP contribution is 2.24. The predicted octanol–water partition coefficient (Wildman–Crippen LogP) is 2.81. The highest BCUT2D eigenvalue weighted by Gasteiger charge is 2.32. The number of hydrogen-bond donors (Lipinski definition) is 1. The molecule has 0 aliphatic carbocycles. The van der Waals surface area contributed by atoms with E-state index in [9.17, 15) is 14.7 Å². The standard InChI is InChI=1S/C17H21NO3/c1-2-13(14-8-4-3-5-9-14)12-16(19)18-11-7-6-10-15(18)17(20)21/h2-5,8-9,13,15H,1,6-7,10-12H2,(H,20,21)/t13?,15-/m1/s1. The van der Waals surface area contributed by atoms with Gasteiger partial charge in [-0.3, -0.25) is 4.79 Å². The lowest BCUT2D eigenvalue weighted by atomic mass is 9.94. The van der Waals surface area contributed by atoms with Gasteiger partial charge >= 0.3 is 5.97 Å². The maximum Gasteiger partial charge on any atom is 0.326 e. The Labute approximate surface area is 125 Å². The fourth-order valence-corrected chi connectivity index (χ4v) is 2.83. The number of rotatable bonds is 5. The highest BCUT2D eigenvalue weighted by atomic mass is 16.4. The van der Waals surface area contributed by atoms with Gasteiger partial charge in [-0.25, -0.2) is 4.79 Å². The monoisotopic (exact) mass is 287 g/mol. The Kier molecular flexibility index (Phi) is 5.14. The smallest absolute Gasteiger partial charge is 0.326 e. The molecule has 1 unspecified atom stereocenters. The van der Waals surface area contributed by atoms with E-state index >= 15 is 0 Å². The SMILES string of the molecule is C=CC(CC(=O)N1CCCC[C@@H]1C(=O)O)c1ccccc1. The first-order valence-electron chi connectivity index (χ1n) is 7.33. The van der Waals surface area contributed by atoms with Crippen molar-refractivity contribution in [2.45, 2.75) is 37.6 Å². The molecule has 1 amide bonds. The number of carboxylic acid groups (broad SMARTS) is 1. The van der Waals surface area contributed by atoms with Crippen LogP contribution in [0.3, 0.4) is 0 Å². The minimum Gasteiger partial charge on any atom is -0.480 e. The van der Waals surface area contributed by atoms with Crippen LogP contribution in [-0.2, 0) is 9.59 Å². The Morgan fingerprint density at radius 1 is 1.33 bits per heavy atom. The summed E-state index contributed by atoms with van der Waals surface area (Å²) in [7, 11) is 0. The van der Waals surface area contributed by atoms with Gasteiger partial charge in [0.2, 0.25) is 5.91 Å². The van der Waals surface area contributed by atoms with Crippen molar-refractivity contribution in [3.8, 4) is 0 Å². The Hall–Kier alpha value is -2.10. The number of carbonyl (C=O) groups excluding carboxylic acids is 1. The van der Waals surface area contributed by atoms with Crippen LogP contribution in [0.4, 0.5) is 0 Å². The number of nitrogens with zero attached hydrogens (tertiary/aromatic N) is 1. The van der Waals surface area contributed by atoms with Crippen LogP contribution in [0.25, 0.3) is 0 Å². The third kappa shape index (κ3) is 3.72. The molecule has 0 spiro atoms. The first-order valence-corrected chi connectivity index (χ1v) is 7.33. The van der Waals surface area contributed by atoms with Crippen molar-refractivity contribution in [3.63, 3.8) is 0 Å². The molecule has 1 aliphatic rings. The summed E-state index contributed by atoms with van der Waals surface area (Å²) in [6, 6.07) is 9.03. The maximum atomic E-state index is 12.5. The highest BCUT2D eigenvalue weighted by molar-refractivity contribution is 5.84. The van der Waals surface area contributed by atoms with Gasteiger partial charge in [0.25, 0.3) is 0 Å². The number of allylic oxidation sites excluding steroid dienone is 1. The Morgan fingerprint density at radius 2 is 2.05 bits per heavy atom. The largest absolute Gasteiger partial charge is 0.480 e. The zero-order valence-corrected chi connectivity index (χ0v) is 12.1. The summed E-state index contributed by atoms with van der Waals surface area (Å²) >= 11 is 0. The number of aliphatic carboxylic acids is 1. The van der Waals surface area contributed by atoms with Crippen LogP contribution >= 0.6 is 0 Å². The molecule has 0 radical (unpaired) electrons. The van der Waals surface area contributed by atoms with E-state index in [4.69, 9.17) is 0 Å². The summed E-state index contributed by atoms with van der Waals surface area (Å²) in [4.78, 5) is 25.3. The van der Waals surface area contributed by atoms with Crippen molar-refractivity contribution in [2.75, 3.05) is 6.54 Å². The van der Waals surface area contributed by atoms with Crippen LogP contribution in [-0.4, -0.2) is 34.5 Å². The summed E-state index contributed by atoms with van der Waals surface area (Å²) < 4.78 is 0. The molecule has 0 saturated carbocycles. The molecule has 1 heterocycles. The van der Waals surface area contributed by atoms with E-state index in [0.29, 0.717) is 13.0 Å². The molecule has 1 fully saturated rings. The minimum absolute atomic E-state index is 0.0740. The zero-order chi connectivity index (χ0) is 15.2. The van der Waals surface area contributed by atoms with Gasteiger partial charge in [-0.05, 0) is 24.8 Å². The molecular formula is C17H21NO3. The maximum absolute atomic E-state index is 12.5. The number of carboxylic acids is 1. The Morgan fingerprint density at radius 3 is 2.67 bits per heavy atom. The Balaban J connectivity index is 2.08. The number of hydrogen-bond acceptors (Lipinski definition) is 2. The van der Waals surface area contributed by atoms with Gasteiger partial charge in [0.1, 0.15) is 6.04 Å². The molecule has 4 nitrogen and oxygen atoms in total. The molecule has 1 saturated heterocycles. The molecule has 0 aromatic heterocycles. The van der Waals surface area contributed by atoms with E-state index in [1.807, 2.05) is 30.3 Å². The topological polar surface area (TPSA) is 57.6 Å². The number of amides is 1. The molecule has 4 heteroatoms. The lowest BCUT2D eigenvalue weighted by Gasteiger charge is -2.33. The quantitative estimate of drug-likeness (QED) is 0.847. The zero-order valence-electron chi connectivity index (χ0n) is 12.1. The van der Waals surface area contributed by atoms with Crippen molar-refractivity contribution in [2.24, 2.45) is 0 Å². The molecule has 112 valence electrons. The number of carbonyl (C=O) groups is 2. The van der Waals surface area contributed by atoms with E-state index < -0.39 is 12.0 Å². The summed E-state index contributed by atoms with van der Waals surface area (Å²) in [6.07, 6.45) is 4.32. The molecule has 2 rings (SSSR count). The molecule has 1 N–H and O–H groups in total. The molecule has 0 bridgehead atoms. The molecule has 21 heavy (non-hydrogen) atoms. The van der Waals surface area contributed by atoms with E-state index in [0.717, 1.165) is 18.4 Å². The van der Waals surface area contributed by atoms with Gasteiger partial charge in [0.05, 0.1) is 0 Å². The average molecular weight is 287 g/mol. The number of piperidine rings is 1. The van der Waals surface area contributed by atoms with Gasteiger partial charge in [-0.1, -0.05) is 36.4 Å². The van der Waals surface area contributed by atoms with Crippen molar-refractivity contribution in [3.05, 3.63) is 48.6 Å². The van der Waals surface area contributed by atoms with E-state index in [1.54, 1.807) is 6.08 Å². The summed E-state index contributed by atoms with van der Waals surface area (Å²) in [6.45, 7) is 4.34. The van der Waals surface area contributed by atoms with Gasteiger partial charge < -0.3 is 10.0 Å². The molecule has 1 aromatic rings. The number of benzene rings is 1. The van der Waals surface area contributed by atoms with Crippen molar-refractivity contribution >= 4 is 11.9 Å². The fraction of sp³-hybridized carbons (Fsp3) is 0.412. The summed E-state index contributed by atoms with van der Waals surface area (Å²) in [5.74, 6) is -1.08. The van der Waals surface area contributed by atoms with Crippen molar-refractivity contribution in [1.29, 1.82) is 0 Å². The van der Waals surface area contributed by atoms with Crippen LogP contribution < -0.4 is 0 Å². The van der Waals surface area contributed by atoms with Crippen LogP contribution in [0, 0.1) is 0 Å². The van der Waals surface area contributed by atoms with Gasteiger partial charge in [0.15, 0.2) is 0 Å². The predicted molar refractivity (Wildman–Crippen MR) is 81.0 cm³/mol. The third-order valence-corrected chi connectivity index (χ3v) is 4.01. The second-order valence-corrected chi connectivity index (χ2v) is 5.39. The van der Waals surface area contributed by atoms with Crippen molar-refractivity contribution < 1.29 is 14.7 Å². The fourth-order valence-electron chi connectivity index (χ4n) is 2.83. The summed E-state index contributed by atoms with van der Waals surface area (Å²) in [5.41, 5.74) is 1.03. The first-order chi connectivity index (χ1) is 10.1. The molecule has 1 aliphatic heterocycles. The summed E-state index contributed by atoms with van der Waals surface area (Å²) in [5, 5.41) is 9.25. The first kappa shape index (κ1) is 15.3. The van der Waals surface area contributed by atoms with Gasteiger partial charge in [-0.15, -0.1) is 6.58 Å². The van der Waals surface area contributed by atoms with E-state index in [-0.39, 0.29) is 18.2 Å². The van der Waals surface area contributed by atoms with E-state index in [1.165, 1.54) is 4.90 Å². The number of likely N-dealkylation sites (tertiary alicyclic amines) is 1. The van der Waals surface area contributed by atoms with Crippen molar-refractivity contribution in [1.82, 2.24) is 4.90 Å². The Bertz CT molecular complexity index is 512. The van der Waals surface area contributed by atoms with Crippen LogP contribution in [0.2, 0.25) is 0 Å². The third-order valence-electron chi connectivity index (χ3n) is 4.01. The lowest BCUT2D eigenvalue weighted by Crippen LogP contribution is -2.48.